The average Bonchev–Trinajstić information content (AvgIpc) is 3.17. The van der Waals surface area contributed by atoms with Crippen LogP contribution in [-0.4, -0.2) is 24.6 Å². The van der Waals surface area contributed by atoms with Crippen LogP contribution in [0.1, 0.15) is 49.0 Å². The number of ether oxygens (including phenoxy) is 2. The van der Waals surface area contributed by atoms with Crippen LogP contribution in [0.3, 0.4) is 0 Å². The maximum absolute atomic E-state index is 13.6. The highest BCUT2D eigenvalue weighted by molar-refractivity contribution is 5.90. The van der Waals surface area contributed by atoms with Crippen molar-refractivity contribution in [2.24, 2.45) is 5.92 Å². The number of carbonyl (C=O) groups excluding carboxylic acids is 2. The van der Waals surface area contributed by atoms with Gasteiger partial charge in [-0.3, -0.25) is 4.79 Å². The summed E-state index contributed by atoms with van der Waals surface area (Å²) in [7, 11) is 1.20. The third-order valence-corrected chi connectivity index (χ3v) is 3.32. The van der Waals surface area contributed by atoms with Crippen molar-refractivity contribution in [3.63, 3.8) is 0 Å². The average molecular weight is 294 g/mol. The molecule has 0 amide bonds. The maximum atomic E-state index is 13.6. The van der Waals surface area contributed by atoms with E-state index in [0.29, 0.717) is 6.42 Å². The Kier molecular flexibility index (Phi) is 4.03. The molecule has 5 heteroatoms. The van der Waals surface area contributed by atoms with Crippen LogP contribution >= 0.6 is 0 Å². The summed E-state index contributed by atoms with van der Waals surface area (Å²) in [5.74, 6) is -1.84. The Hall–Kier alpha value is -1.91. The zero-order chi connectivity index (χ0) is 15.8. The first kappa shape index (κ1) is 15.5. The molecule has 21 heavy (non-hydrogen) atoms. The fraction of sp³-hybridized carbons (Fsp3) is 0.500. The monoisotopic (exact) mass is 294 g/mol. The standard InChI is InChI=1S/C16H19FO4/c1-16(2,3)21-15(19)11-8-10(11)9-5-6-13(17)12(7-9)14(18)20-4/h5-7,10-11H,8H2,1-4H3/t10-,11+/m0/s1. The largest absolute Gasteiger partial charge is 0.465 e. The van der Waals surface area contributed by atoms with Gasteiger partial charge in [0, 0.05) is 0 Å². The number of methoxy groups -OCH3 is 1. The molecule has 1 aromatic carbocycles. The Morgan fingerprint density at radius 3 is 2.52 bits per heavy atom. The van der Waals surface area contributed by atoms with Gasteiger partial charge in [0.1, 0.15) is 11.4 Å². The lowest BCUT2D eigenvalue weighted by molar-refractivity contribution is -0.156. The second-order valence-corrected chi connectivity index (χ2v) is 6.21. The van der Waals surface area contributed by atoms with Gasteiger partial charge in [-0.05, 0) is 50.8 Å². The van der Waals surface area contributed by atoms with Crippen LogP contribution in [0, 0.1) is 11.7 Å². The molecule has 0 aromatic heterocycles. The summed E-state index contributed by atoms with van der Waals surface area (Å²) in [4.78, 5) is 23.4. The second kappa shape index (κ2) is 5.47. The smallest absolute Gasteiger partial charge is 0.340 e. The van der Waals surface area contributed by atoms with E-state index >= 15 is 0 Å². The van der Waals surface area contributed by atoms with Crippen LogP contribution in [0.2, 0.25) is 0 Å². The number of benzene rings is 1. The van der Waals surface area contributed by atoms with Crippen molar-refractivity contribution in [1.29, 1.82) is 0 Å². The summed E-state index contributed by atoms with van der Waals surface area (Å²) < 4.78 is 23.4. The number of hydrogen-bond acceptors (Lipinski definition) is 4. The number of hydrogen-bond donors (Lipinski definition) is 0. The molecule has 0 saturated heterocycles. The van der Waals surface area contributed by atoms with Crippen LogP contribution in [0.15, 0.2) is 18.2 Å². The van der Waals surface area contributed by atoms with Crippen molar-refractivity contribution in [3.05, 3.63) is 35.1 Å². The fourth-order valence-corrected chi connectivity index (χ4v) is 2.24. The SMILES string of the molecule is COC(=O)c1cc([C@@H]2C[C@H]2C(=O)OC(C)(C)C)ccc1F. The molecule has 114 valence electrons. The minimum Gasteiger partial charge on any atom is -0.465 e. The summed E-state index contributed by atoms with van der Waals surface area (Å²) >= 11 is 0. The molecular weight excluding hydrogens is 275 g/mol. The Morgan fingerprint density at radius 1 is 1.29 bits per heavy atom. The number of rotatable bonds is 3. The molecule has 0 heterocycles. The van der Waals surface area contributed by atoms with Gasteiger partial charge in [-0.2, -0.15) is 0 Å². The van der Waals surface area contributed by atoms with E-state index in [1.165, 1.54) is 19.2 Å². The van der Waals surface area contributed by atoms with Crippen LogP contribution < -0.4 is 0 Å². The van der Waals surface area contributed by atoms with E-state index in [2.05, 4.69) is 4.74 Å². The first-order valence-electron chi connectivity index (χ1n) is 6.83. The van der Waals surface area contributed by atoms with Gasteiger partial charge in [0.05, 0.1) is 18.6 Å². The number of carbonyl (C=O) groups is 2. The lowest BCUT2D eigenvalue weighted by Gasteiger charge is -2.19. The lowest BCUT2D eigenvalue weighted by atomic mass is 10.0. The van der Waals surface area contributed by atoms with E-state index in [4.69, 9.17) is 4.74 Å². The number of esters is 2. The van der Waals surface area contributed by atoms with E-state index in [0.717, 1.165) is 5.56 Å². The van der Waals surface area contributed by atoms with E-state index < -0.39 is 17.4 Å². The van der Waals surface area contributed by atoms with Gasteiger partial charge in [-0.15, -0.1) is 0 Å². The predicted molar refractivity (Wildman–Crippen MR) is 74.4 cm³/mol. The third kappa shape index (κ3) is 3.60. The topological polar surface area (TPSA) is 52.6 Å². The van der Waals surface area contributed by atoms with Gasteiger partial charge >= 0.3 is 11.9 Å². The highest BCUT2D eigenvalue weighted by atomic mass is 19.1. The molecule has 0 spiro atoms. The van der Waals surface area contributed by atoms with E-state index in [-0.39, 0.29) is 23.4 Å². The molecule has 0 aliphatic heterocycles. The highest BCUT2D eigenvalue weighted by Gasteiger charge is 2.46. The van der Waals surface area contributed by atoms with Crippen molar-refractivity contribution < 1.29 is 23.5 Å². The first-order chi connectivity index (χ1) is 9.73. The Balaban J connectivity index is 2.12. The second-order valence-electron chi connectivity index (χ2n) is 6.21. The minimum absolute atomic E-state index is 0.0242. The molecule has 1 aliphatic carbocycles. The summed E-state index contributed by atoms with van der Waals surface area (Å²) in [6.45, 7) is 5.45. The Bertz CT molecular complexity index is 574. The molecule has 4 nitrogen and oxygen atoms in total. The van der Waals surface area contributed by atoms with Crippen molar-refractivity contribution in [1.82, 2.24) is 0 Å². The molecule has 2 atom stereocenters. The molecule has 1 fully saturated rings. The molecule has 1 saturated carbocycles. The lowest BCUT2D eigenvalue weighted by Crippen LogP contribution is -2.25. The van der Waals surface area contributed by atoms with Crippen LogP contribution in [0.4, 0.5) is 4.39 Å². The zero-order valence-corrected chi connectivity index (χ0v) is 12.6. The fourth-order valence-electron chi connectivity index (χ4n) is 2.24. The van der Waals surface area contributed by atoms with Gasteiger partial charge in [-0.25, -0.2) is 9.18 Å². The maximum Gasteiger partial charge on any atom is 0.340 e. The van der Waals surface area contributed by atoms with Crippen molar-refractivity contribution in [2.45, 2.75) is 38.7 Å². The van der Waals surface area contributed by atoms with Crippen molar-refractivity contribution in [3.8, 4) is 0 Å². The zero-order valence-electron chi connectivity index (χ0n) is 12.6. The van der Waals surface area contributed by atoms with E-state index in [9.17, 15) is 14.0 Å². The third-order valence-electron chi connectivity index (χ3n) is 3.32. The van der Waals surface area contributed by atoms with Gasteiger partial charge in [0.15, 0.2) is 0 Å². The molecule has 0 bridgehead atoms. The van der Waals surface area contributed by atoms with Gasteiger partial charge in [0.2, 0.25) is 0 Å². The van der Waals surface area contributed by atoms with Crippen LogP contribution in [-0.2, 0) is 14.3 Å². The molecule has 0 radical (unpaired) electrons. The van der Waals surface area contributed by atoms with Gasteiger partial charge < -0.3 is 9.47 Å². The van der Waals surface area contributed by atoms with Crippen LogP contribution in [0.5, 0.6) is 0 Å². The summed E-state index contributed by atoms with van der Waals surface area (Å²) in [5, 5.41) is 0. The summed E-state index contributed by atoms with van der Waals surface area (Å²) in [6, 6.07) is 4.28. The normalized spacial score (nSPS) is 20.8. The molecule has 1 aromatic rings. The quantitative estimate of drug-likeness (QED) is 0.804. The Morgan fingerprint density at radius 2 is 1.95 bits per heavy atom. The molecular formula is C16H19FO4. The predicted octanol–water partition coefficient (Wildman–Crippen LogP) is 3.06. The van der Waals surface area contributed by atoms with E-state index in [1.807, 2.05) is 20.8 Å². The van der Waals surface area contributed by atoms with Gasteiger partial charge in [0.25, 0.3) is 0 Å². The molecule has 2 rings (SSSR count). The van der Waals surface area contributed by atoms with Crippen molar-refractivity contribution in [2.75, 3.05) is 7.11 Å². The highest BCUT2D eigenvalue weighted by Crippen LogP contribution is 2.48. The molecule has 0 unspecified atom stereocenters. The summed E-state index contributed by atoms with van der Waals surface area (Å²) in [5.41, 5.74) is 0.127. The van der Waals surface area contributed by atoms with E-state index in [1.54, 1.807) is 6.07 Å². The summed E-state index contributed by atoms with van der Waals surface area (Å²) in [6.07, 6.45) is 0.654. The minimum atomic E-state index is -0.719. The first-order valence-corrected chi connectivity index (χ1v) is 6.83. The van der Waals surface area contributed by atoms with Crippen molar-refractivity contribution >= 4 is 11.9 Å². The van der Waals surface area contributed by atoms with Crippen LogP contribution in [0.25, 0.3) is 0 Å². The molecule has 0 N–H and O–H groups in total. The number of halogens is 1. The van der Waals surface area contributed by atoms with Gasteiger partial charge in [-0.1, -0.05) is 6.07 Å². The molecule has 1 aliphatic rings. The Labute approximate surface area is 123 Å².